The number of rotatable bonds is 5. The van der Waals surface area contributed by atoms with Gasteiger partial charge in [-0.15, -0.1) is 0 Å². The first-order chi connectivity index (χ1) is 7.94. The second-order valence-electron chi connectivity index (χ2n) is 3.31. The third-order valence-electron chi connectivity index (χ3n) is 1.97. The van der Waals surface area contributed by atoms with E-state index in [-0.39, 0.29) is 11.4 Å². The van der Waals surface area contributed by atoms with Crippen LogP contribution in [-0.4, -0.2) is 19.4 Å². The molecule has 0 heterocycles. The molecular weight excluding hydrogens is 235 g/mol. The Bertz CT molecular complexity index is 366. The Balaban J connectivity index is 2.62. The van der Waals surface area contributed by atoms with Gasteiger partial charge in [-0.3, -0.25) is 0 Å². The fraction of sp³-hybridized carbons (Fsp3) is 0.455. The van der Waals surface area contributed by atoms with E-state index in [1.807, 2.05) is 0 Å². The maximum Gasteiger partial charge on any atom is 0.392 e. The van der Waals surface area contributed by atoms with Gasteiger partial charge >= 0.3 is 6.18 Å². The third-order valence-corrected chi connectivity index (χ3v) is 1.97. The van der Waals surface area contributed by atoms with E-state index in [4.69, 9.17) is 15.2 Å². The average molecular weight is 249 g/mol. The van der Waals surface area contributed by atoms with E-state index in [0.29, 0.717) is 12.4 Å². The lowest BCUT2D eigenvalue weighted by Gasteiger charge is -2.13. The molecule has 0 unspecified atom stereocenters. The molecular formula is C11H14F3NO2. The van der Waals surface area contributed by atoms with Gasteiger partial charge in [0.15, 0.2) is 0 Å². The van der Waals surface area contributed by atoms with Gasteiger partial charge in [-0.05, 0) is 19.1 Å². The maximum absolute atomic E-state index is 11.9. The van der Waals surface area contributed by atoms with Crippen LogP contribution in [0.5, 0.6) is 11.5 Å². The largest absolute Gasteiger partial charge is 0.492 e. The van der Waals surface area contributed by atoms with Gasteiger partial charge in [0.1, 0.15) is 17.2 Å². The van der Waals surface area contributed by atoms with Crippen molar-refractivity contribution in [3.63, 3.8) is 0 Å². The van der Waals surface area contributed by atoms with Crippen LogP contribution in [0.15, 0.2) is 18.2 Å². The summed E-state index contributed by atoms with van der Waals surface area (Å²) in [5, 5.41) is 0. The first-order valence-corrected chi connectivity index (χ1v) is 5.15. The molecule has 0 aliphatic heterocycles. The summed E-state index contributed by atoms with van der Waals surface area (Å²) in [6.45, 7) is 1.76. The Morgan fingerprint density at radius 3 is 2.29 bits per heavy atom. The van der Waals surface area contributed by atoms with Crippen LogP contribution in [0, 0.1) is 0 Å². The number of halogens is 3. The topological polar surface area (TPSA) is 44.5 Å². The lowest BCUT2D eigenvalue weighted by Crippen LogP contribution is -2.13. The highest BCUT2D eigenvalue weighted by atomic mass is 19.4. The van der Waals surface area contributed by atoms with Crippen LogP contribution in [0.25, 0.3) is 0 Å². The molecule has 1 rings (SSSR count). The van der Waals surface area contributed by atoms with Crippen LogP contribution in [0.4, 0.5) is 18.9 Å². The number of benzene rings is 1. The molecule has 0 aliphatic rings. The van der Waals surface area contributed by atoms with Gasteiger partial charge in [0.25, 0.3) is 0 Å². The molecule has 0 amide bonds. The van der Waals surface area contributed by atoms with Crippen molar-refractivity contribution in [2.75, 3.05) is 18.9 Å². The van der Waals surface area contributed by atoms with Crippen molar-refractivity contribution >= 4 is 5.69 Å². The minimum Gasteiger partial charge on any atom is -0.492 e. The fourth-order valence-electron chi connectivity index (χ4n) is 1.21. The van der Waals surface area contributed by atoms with Gasteiger partial charge in [-0.25, -0.2) is 0 Å². The molecule has 1 aromatic carbocycles. The molecule has 0 fully saturated rings. The number of hydrogen-bond acceptors (Lipinski definition) is 3. The van der Waals surface area contributed by atoms with Crippen molar-refractivity contribution in [3.8, 4) is 11.5 Å². The molecule has 0 aliphatic carbocycles. The zero-order chi connectivity index (χ0) is 12.9. The Morgan fingerprint density at radius 2 is 1.76 bits per heavy atom. The van der Waals surface area contributed by atoms with E-state index in [9.17, 15) is 13.2 Å². The molecule has 3 nitrogen and oxygen atoms in total. The van der Waals surface area contributed by atoms with Gasteiger partial charge in [-0.1, -0.05) is 6.07 Å². The van der Waals surface area contributed by atoms with Crippen molar-refractivity contribution in [2.24, 2.45) is 0 Å². The highest BCUT2D eigenvalue weighted by Gasteiger charge is 2.27. The Hall–Kier alpha value is -1.59. The molecule has 6 heteroatoms. The van der Waals surface area contributed by atoms with Crippen molar-refractivity contribution < 1.29 is 22.6 Å². The second-order valence-corrected chi connectivity index (χ2v) is 3.31. The Kier molecular flexibility index (Phi) is 4.48. The molecule has 0 saturated carbocycles. The fourth-order valence-corrected chi connectivity index (χ4v) is 1.21. The van der Waals surface area contributed by atoms with Gasteiger partial charge in [-0.2, -0.15) is 13.2 Å². The van der Waals surface area contributed by atoms with Crippen LogP contribution in [-0.2, 0) is 0 Å². The van der Waals surface area contributed by atoms with Crippen molar-refractivity contribution in [1.29, 1.82) is 0 Å². The minimum absolute atomic E-state index is 0.209. The lowest BCUT2D eigenvalue weighted by atomic mass is 10.2. The quantitative estimate of drug-likeness (QED) is 0.816. The molecule has 0 aromatic heterocycles. The van der Waals surface area contributed by atoms with Gasteiger partial charge in [0, 0.05) is 0 Å². The molecule has 1 aromatic rings. The summed E-state index contributed by atoms with van der Waals surface area (Å²) in [5.41, 5.74) is 5.91. The summed E-state index contributed by atoms with van der Waals surface area (Å²) in [4.78, 5) is 0. The summed E-state index contributed by atoms with van der Waals surface area (Å²) < 4.78 is 45.9. The molecule has 0 spiro atoms. The summed E-state index contributed by atoms with van der Waals surface area (Å²) in [6, 6.07) is 4.76. The predicted molar refractivity (Wildman–Crippen MR) is 58.2 cm³/mol. The first kappa shape index (κ1) is 13.5. The average Bonchev–Trinajstić information content (AvgIpc) is 2.22. The second kappa shape index (κ2) is 5.65. The van der Waals surface area contributed by atoms with E-state index < -0.39 is 19.2 Å². The van der Waals surface area contributed by atoms with Crippen LogP contribution >= 0.6 is 0 Å². The summed E-state index contributed by atoms with van der Waals surface area (Å²) in [7, 11) is 0. The van der Waals surface area contributed by atoms with E-state index in [0.717, 1.165) is 0 Å². The van der Waals surface area contributed by atoms with Crippen molar-refractivity contribution in [3.05, 3.63) is 18.2 Å². The Morgan fingerprint density at radius 1 is 1.18 bits per heavy atom. The summed E-state index contributed by atoms with van der Waals surface area (Å²) >= 11 is 0. The monoisotopic (exact) mass is 249 g/mol. The van der Waals surface area contributed by atoms with E-state index in [1.54, 1.807) is 19.1 Å². The maximum atomic E-state index is 11.9. The highest BCUT2D eigenvalue weighted by molar-refractivity contribution is 5.62. The van der Waals surface area contributed by atoms with Crippen LogP contribution in [0.1, 0.15) is 13.3 Å². The number of alkyl halides is 3. The number of hydrogen-bond donors (Lipinski definition) is 1. The number of ether oxygens (including phenoxy) is 2. The summed E-state index contributed by atoms with van der Waals surface area (Å²) in [6.07, 6.45) is -5.24. The lowest BCUT2D eigenvalue weighted by molar-refractivity contribution is -0.139. The Labute approximate surface area is 97.3 Å². The first-order valence-electron chi connectivity index (χ1n) is 5.15. The standard InChI is InChI=1S/C11H14F3NO2/c1-2-16-8-4-3-5-9(10(8)15)17-7-6-11(12,13)14/h3-5H,2,6-7,15H2,1H3. The van der Waals surface area contributed by atoms with E-state index in [2.05, 4.69) is 0 Å². The van der Waals surface area contributed by atoms with Gasteiger partial charge in [0.05, 0.1) is 19.6 Å². The predicted octanol–water partition coefficient (Wildman–Crippen LogP) is 3.00. The molecule has 17 heavy (non-hydrogen) atoms. The van der Waals surface area contributed by atoms with Crippen LogP contribution in [0.2, 0.25) is 0 Å². The SMILES string of the molecule is CCOc1cccc(OCCC(F)(F)F)c1N. The number of anilines is 1. The highest BCUT2D eigenvalue weighted by Crippen LogP contribution is 2.31. The van der Waals surface area contributed by atoms with E-state index >= 15 is 0 Å². The zero-order valence-electron chi connectivity index (χ0n) is 9.38. The molecule has 0 bridgehead atoms. The molecule has 0 saturated heterocycles. The van der Waals surface area contributed by atoms with Crippen molar-refractivity contribution in [2.45, 2.75) is 19.5 Å². The van der Waals surface area contributed by atoms with E-state index in [1.165, 1.54) is 6.07 Å². The zero-order valence-corrected chi connectivity index (χ0v) is 9.38. The minimum atomic E-state index is -4.23. The number of nitrogens with two attached hydrogens (primary N) is 1. The third kappa shape index (κ3) is 4.42. The van der Waals surface area contributed by atoms with Crippen molar-refractivity contribution in [1.82, 2.24) is 0 Å². The van der Waals surface area contributed by atoms with Gasteiger partial charge < -0.3 is 15.2 Å². The molecule has 0 atom stereocenters. The number of nitrogen functional groups attached to an aromatic ring is 1. The normalized spacial score (nSPS) is 11.3. The van der Waals surface area contributed by atoms with Crippen LogP contribution < -0.4 is 15.2 Å². The van der Waals surface area contributed by atoms with Gasteiger partial charge in [0.2, 0.25) is 0 Å². The molecule has 96 valence electrons. The van der Waals surface area contributed by atoms with Crippen LogP contribution in [0.3, 0.4) is 0 Å². The molecule has 2 N–H and O–H groups in total. The summed E-state index contributed by atoms with van der Waals surface area (Å²) in [5.74, 6) is 0.622. The smallest absolute Gasteiger partial charge is 0.392 e. The molecule has 0 radical (unpaired) electrons. The number of para-hydroxylation sites is 1.